The zero-order valence-corrected chi connectivity index (χ0v) is 36.7. The number of methoxy groups -OCH3 is 1. The zero-order valence-electron chi connectivity index (χ0n) is 36.7. The molecule has 23 heteroatoms. The minimum atomic E-state index is -1.70. The molecular weight excluding hydrogens is 842 g/mol. The maximum Gasteiger partial charge on any atom is 0.409 e. The Bertz CT molecular complexity index is 2270. The fourth-order valence-electron chi connectivity index (χ4n) is 7.34. The molecule has 64 heavy (non-hydrogen) atoms. The number of aromatic nitrogens is 4. The van der Waals surface area contributed by atoms with E-state index in [0.29, 0.717) is 29.9 Å². The lowest BCUT2D eigenvalue weighted by Crippen LogP contribution is -2.64. The summed E-state index contributed by atoms with van der Waals surface area (Å²) in [4.78, 5) is 108. The Balaban J connectivity index is 1.23. The summed E-state index contributed by atoms with van der Waals surface area (Å²) in [6, 6.07) is 6.05. The standard InChI is InChI=1S/C41H51N9O14/c1-23-12-16-49(31(54)11-14-42)20-29(23)48(7)36-27-13-17-50(37(27)45-22-44-36)40(56)46(5)18-19-47(6)41(57)59-21-28-30(10-9-15-43-28)63-39-35(62-26(4)53)33(61-25(3)52)32(60-24(2)51)34(64-39)38(55)58-8/h9-10,13,15,17,22-23,29,32-35,39H,11-12,16,18-21H2,1-8H3/t23-,29+,32+,33+,34+,35-,39-/m1/s1. The average molecular weight is 894 g/mol. The second-order valence-corrected chi connectivity index (χ2v) is 15.2. The normalized spacial score (nSPS) is 21.7. The zero-order chi connectivity index (χ0) is 46.8. The van der Waals surface area contributed by atoms with Crippen molar-refractivity contribution in [3.05, 3.63) is 42.6 Å². The van der Waals surface area contributed by atoms with Crippen LogP contribution in [0.15, 0.2) is 36.9 Å². The lowest BCUT2D eigenvalue weighted by molar-refractivity contribution is -0.282. The Hall–Kier alpha value is -7.09. The van der Waals surface area contributed by atoms with E-state index >= 15 is 0 Å². The van der Waals surface area contributed by atoms with Crippen LogP contribution in [-0.2, 0) is 59.0 Å². The molecule has 344 valence electrons. The molecule has 3 aromatic rings. The van der Waals surface area contributed by atoms with Gasteiger partial charge in [0.15, 0.2) is 24.0 Å². The number of carbonyl (C=O) groups excluding carboxylic acids is 7. The van der Waals surface area contributed by atoms with Gasteiger partial charge in [-0.25, -0.2) is 24.4 Å². The molecule has 3 aromatic heterocycles. The summed E-state index contributed by atoms with van der Waals surface area (Å²) < 4.78 is 39.7. The summed E-state index contributed by atoms with van der Waals surface area (Å²) in [6.07, 6.45) is -4.03. The Morgan fingerprint density at radius 2 is 1.58 bits per heavy atom. The molecule has 0 N–H and O–H groups in total. The molecule has 0 bridgehead atoms. The van der Waals surface area contributed by atoms with Crippen LogP contribution < -0.4 is 9.64 Å². The average Bonchev–Trinajstić information content (AvgIpc) is 3.70. The van der Waals surface area contributed by atoms with Crippen molar-refractivity contribution < 1.29 is 66.7 Å². The summed E-state index contributed by atoms with van der Waals surface area (Å²) >= 11 is 0. The first kappa shape index (κ1) is 48.0. The first-order valence-corrected chi connectivity index (χ1v) is 20.1. The lowest BCUT2D eigenvalue weighted by Gasteiger charge is -2.43. The molecule has 2 fully saturated rings. The number of hydrogen-bond acceptors (Lipinski definition) is 19. The molecule has 2 aliphatic rings. The monoisotopic (exact) mass is 893 g/mol. The third-order valence-electron chi connectivity index (χ3n) is 10.7. The van der Waals surface area contributed by atoms with E-state index in [2.05, 4.69) is 21.9 Å². The molecule has 23 nitrogen and oxygen atoms in total. The number of carbonyl (C=O) groups is 7. The predicted octanol–water partition coefficient (Wildman–Crippen LogP) is 1.65. The number of fused-ring (bicyclic) bond motifs is 1. The van der Waals surface area contributed by atoms with E-state index in [1.54, 1.807) is 24.2 Å². The Labute approximate surface area is 368 Å². The third kappa shape index (κ3) is 11.3. The van der Waals surface area contributed by atoms with Gasteiger partial charge in [-0.3, -0.25) is 28.7 Å². The number of nitrogens with zero attached hydrogens (tertiary/aromatic N) is 9. The number of rotatable bonds is 14. The van der Waals surface area contributed by atoms with Crippen molar-refractivity contribution in [2.75, 3.05) is 59.3 Å². The highest BCUT2D eigenvalue weighted by Gasteiger charge is 2.56. The molecule has 0 aromatic carbocycles. The van der Waals surface area contributed by atoms with Gasteiger partial charge >= 0.3 is 36.0 Å². The Morgan fingerprint density at radius 3 is 2.25 bits per heavy atom. The van der Waals surface area contributed by atoms with Crippen LogP contribution in [0.4, 0.5) is 15.4 Å². The molecule has 0 radical (unpaired) electrons. The molecule has 5 rings (SSSR count). The highest BCUT2D eigenvalue weighted by atomic mass is 16.7. The van der Waals surface area contributed by atoms with E-state index in [-0.39, 0.29) is 48.8 Å². The number of amides is 3. The fraction of sp³-hybridized carbons (Fsp3) is 0.537. The number of likely N-dealkylation sites (N-methyl/N-ethyl adjacent to an activating group) is 3. The summed E-state index contributed by atoms with van der Waals surface area (Å²) in [5, 5.41) is 9.65. The summed E-state index contributed by atoms with van der Waals surface area (Å²) in [7, 11) is 5.97. The van der Waals surface area contributed by atoms with Gasteiger partial charge in [0.2, 0.25) is 18.3 Å². The van der Waals surface area contributed by atoms with Crippen LogP contribution in [0.25, 0.3) is 11.0 Å². The quantitative estimate of drug-likeness (QED) is 0.164. The Kier molecular flexibility index (Phi) is 16.0. The van der Waals surface area contributed by atoms with Gasteiger partial charge in [-0.05, 0) is 30.5 Å². The van der Waals surface area contributed by atoms with E-state index in [1.165, 1.54) is 46.1 Å². The van der Waals surface area contributed by atoms with Crippen LogP contribution in [0.1, 0.15) is 46.2 Å². The first-order valence-electron chi connectivity index (χ1n) is 20.1. The minimum Gasteiger partial charge on any atom is -0.467 e. The molecule has 5 heterocycles. The number of anilines is 1. The molecule has 0 spiro atoms. The van der Waals surface area contributed by atoms with Crippen molar-refractivity contribution in [2.45, 2.75) is 83.9 Å². The van der Waals surface area contributed by atoms with E-state index in [1.807, 2.05) is 18.0 Å². The van der Waals surface area contributed by atoms with Crippen molar-refractivity contribution in [1.29, 1.82) is 5.26 Å². The maximum atomic E-state index is 13.7. The molecule has 0 aliphatic carbocycles. The van der Waals surface area contributed by atoms with E-state index in [9.17, 15) is 33.6 Å². The van der Waals surface area contributed by atoms with Crippen molar-refractivity contribution in [3.8, 4) is 11.8 Å². The van der Waals surface area contributed by atoms with Crippen molar-refractivity contribution in [1.82, 2.24) is 34.2 Å². The largest absolute Gasteiger partial charge is 0.467 e. The predicted molar refractivity (Wildman–Crippen MR) is 219 cm³/mol. The van der Waals surface area contributed by atoms with Crippen molar-refractivity contribution >= 4 is 58.8 Å². The van der Waals surface area contributed by atoms with E-state index in [4.69, 9.17) is 38.4 Å². The molecule has 2 saturated heterocycles. The van der Waals surface area contributed by atoms with Crippen LogP contribution in [0, 0.1) is 17.2 Å². The number of hydrogen-bond donors (Lipinski definition) is 0. The van der Waals surface area contributed by atoms with Crippen molar-refractivity contribution in [2.24, 2.45) is 5.92 Å². The fourth-order valence-corrected chi connectivity index (χ4v) is 7.34. The first-order chi connectivity index (χ1) is 30.4. The number of ether oxygens (including phenoxy) is 7. The van der Waals surface area contributed by atoms with Crippen LogP contribution in [0.3, 0.4) is 0 Å². The van der Waals surface area contributed by atoms with Crippen LogP contribution in [-0.4, -0.2) is 167 Å². The third-order valence-corrected chi connectivity index (χ3v) is 10.7. The molecule has 0 unspecified atom stereocenters. The van der Waals surface area contributed by atoms with E-state index < -0.39 is 73.3 Å². The molecule has 0 saturated carbocycles. The highest BCUT2D eigenvalue weighted by Crippen LogP contribution is 2.33. The van der Waals surface area contributed by atoms with Gasteiger partial charge in [0, 0.05) is 80.5 Å². The molecule has 7 atom stereocenters. The van der Waals surface area contributed by atoms with Gasteiger partial charge in [-0.1, -0.05) is 6.92 Å². The number of likely N-dealkylation sites (tertiary alicyclic amines) is 1. The van der Waals surface area contributed by atoms with Gasteiger partial charge in [0.05, 0.1) is 24.6 Å². The lowest BCUT2D eigenvalue weighted by atomic mass is 9.92. The topological polar surface area (TPSA) is 264 Å². The minimum absolute atomic E-state index is 0.0420. The van der Waals surface area contributed by atoms with Crippen molar-refractivity contribution in [3.63, 3.8) is 0 Å². The SMILES string of the molecule is COC(=O)[C@H]1O[C@@H](Oc2cccnc2COC(=O)N(C)CCN(C)C(=O)n2ccc3c(N(C)[C@H]4CN(C(=O)CC#N)CC[C@H]4C)ncnc32)[C@H](OC(C)=O)[C@@H](OC(C)=O)[C@@H]1OC(C)=O. The number of nitriles is 1. The highest BCUT2D eigenvalue weighted by molar-refractivity contribution is 5.95. The van der Waals surface area contributed by atoms with Gasteiger partial charge in [0.1, 0.15) is 36.6 Å². The second-order valence-electron chi connectivity index (χ2n) is 15.2. The molecule has 3 amide bonds. The van der Waals surface area contributed by atoms with Gasteiger partial charge in [-0.15, -0.1) is 0 Å². The van der Waals surface area contributed by atoms with E-state index in [0.717, 1.165) is 34.3 Å². The summed E-state index contributed by atoms with van der Waals surface area (Å²) in [6.45, 7) is 5.96. The van der Waals surface area contributed by atoms with Gasteiger partial charge < -0.3 is 52.8 Å². The summed E-state index contributed by atoms with van der Waals surface area (Å²) in [5.41, 5.74) is 0.428. The van der Waals surface area contributed by atoms with Gasteiger partial charge in [0.25, 0.3) is 0 Å². The van der Waals surface area contributed by atoms with Crippen LogP contribution >= 0.6 is 0 Å². The number of pyridine rings is 1. The molecular formula is C41H51N9O14. The molecule has 2 aliphatic heterocycles. The van der Waals surface area contributed by atoms with Crippen LogP contribution in [0.5, 0.6) is 5.75 Å². The number of piperidine rings is 1. The smallest absolute Gasteiger partial charge is 0.409 e. The van der Waals surface area contributed by atoms with Crippen LogP contribution in [0.2, 0.25) is 0 Å². The summed E-state index contributed by atoms with van der Waals surface area (Å²) in [5.74, 6) is -3.07. The number of esters is 4. The second kappa shape index (κ2) is 21.3. The maximum absolute atomic E-state index is 13.7. The van der Waals surface area contributed by atoms with Gasteiger partial charge in [-0.2, -0.15) is 5.26 Å². The Morgan fingerprint density at radius 1 is 0.906 bits per heavy atom.